The number of para-hydroxylation sites is 1. The van der Waals surface area contributed by atoms with Gasteiger partial charge in [-0.3, -0.25) is 10.2 Å². The number of thiocarbonyl (C=S) groups is 1. The number of H-pyrrole nitrogens is 1. The summed E-state index contributed by atoms with van der Waals surface area (Å²) in [6.07, 6.45) is 3.81. The summed E-state index contributed by atoms with van der Waals surface area (Å²) in [6, 6.07) is 9.39. The van der Waals surface area contributed by atoms with Crippen LogP contribution in [-0.4, -0.2) is 35.6 Å². The quantitative estimate of drug-likeness (QED) is 0.450. The highest BCUT2D eigenvalue weighted by Gasteiger charge is 2.14. The molecular weight excluding hydrogens is 312 g/mol. The Morgan fingerprint density at radius 3 is 3.17 bits per heavy atom. The molecule has 1 aromatic heterocycles. The lowest BCUT2D eigenvalue weighted by molar-refractivity contribution is 0.114. The normalized spacial score (nSPS) is 17.7. The van der Waals surface area contributed by atoms with Gasteiger partial charge in [0, 0.05) is 18.7 Å². The van der Waals surface area contributed by atoms with Crippen molar-refractivity contribution in [2.75, 3.05) is 13.2 Å². The summed E-state index contributed by atoms with van der Waals surface area (Å²) >= 11 is 5.14. The number of ether oxygens (including phenoxy) is 1. The fraction of sp³-hybridized carbons (Fsp3) is 0.312. The Morgan fingerprint density at radius 2 is 2.35 bits per heavy atom. The van der Waals surface area contributed by atoms with Gasteiger partial charge >= 0.3 is 0 Å². The van der Waals surface area contributed by atoms with E-state index in [1.54, 1.807) is 6.07 Å². The molecule has 0 amide bonds. The van der Waals surface area contributed by atoms with Gasteiger partial charge in [0.1, 0.15) is 0 Å². The molecule has 3 rings (SSSR count). The number of fused-ring (bicyclic) bond motifs is 1. The summed E-state index contributed by atoms with van der Waals surface area (Å²) in [5, 5.41) is 8.43. The molecule has 1 aliphatic rings. The maximum atomic E-state index is 12.0. The first kappa shape index (κ1) is 15.6. The van der Waals surface area contributed by atoms with Crippen LogP contribution in [0.25, 0.3) is 10.9 Å². The number of aromatic nitrogens is 1. The van der Waals surface area contributed by atoms with Crippen LogP contribution in [0.15, 0.2) is 40.2 Å². The molecule has 0 spiro atoms. The van der Waals surface area contributed by atoms with Crippen LogP contribution < -0.4 is 16.3 Å². The largest absolute Gasteiger partial charge is 0.376 e. The van der Waals surface area contributed by atoms with Crippen molar-refractivity contribution in [2.24, 2.45) is 5.10 Å². The lowest BCUT2D eigenvalue weighted by Gasteiger charge is -2.11. The number of nitrogens with one attached hydrogen (secondary N) is 3. The average molecular weight is 330 g/mol. The predicted molar refractivity (Wildman–Crippen MR) is 94.9 cm³/mol. The maximum Gasteiger partial charge on any atom is 0.257 e. The molecule has 0 aliphatic carbocycles. The third kappa shape index (κ3) is 4.14. The standard InChI is InChI=1S/C16H18N4O2S/c21-15-12(8-11-4-1-2-6-14(11)19-15)9-18-20-16(23)17-10-13-5-3-7-22-13/h1-2,4,6,8-9,13H,3,5,7,10H2,(H,19,21)(H2,17,20,23)/b18-9+/t13-/m1/s1. The van der Waals surface area contributed by atoms with E-state index in [1.165, 1.54) is 6.21 Å². The zero-order valence-corrected chi connectivity index (χ0v) is 13.4. The molecule has 0 radical (unpaired) electrons. The van der Waals surface area contributed by atoms with Gasteiger partial charge in [0.2, 0.25) is 0 Å². The lowest BCUT2D eigenvalue weighted by atomic mass is 10.2. The van der Waals surface area contributed by atoms with Gasteiger partial charge in [-0.2, -0.15) is 5.10 Å². The highest BCUT2D eigenvalue weighted by Crippen LogP contribution is 2.10. The molecule has 6 nitrogen and oxygen atoms in total. The second-order valence-corrected chi connectivity index (χ2v) is 5.76. The van der Waals surface area contributed by atoms with Crippen LogP contribution in [-0.2, 0) is 4.74 Å². The molecule has 1 atom stereocenters. The summed E-state index contributed by atoms with van der Waals surface area (Å²) in [6.45, 7) is 1.48. The Labute approximate surface area is 138 Å². The van der Waals surface area contributed by atoms with Crippen molar-refractivity contribution >= 4 is 34.4 Å². The van der Waals surface area contributed by atoms with Gasteiger partial charge in [-0.15, -0.1) is 0 Å². The minimum Gasteiger partial charge on any atom is -0.376 e. The van der Waals surface area contributed by atoms with Crippen LogP contribution in [0, 0.1) is 0 Å². The highest BCUT2D eigenvalue weighted by atomic mass is 32.1. The van der Waals surface area contributed by atoms with Gasteiger partial charge in [-0.25, -0.2) is 0 Å². The number of pyridine rings is 1. The number of hydrogen-bond donors (Lipinski definition) is 3. The summed E-state index contributed by atoms with van der Waals surface area (Å²) in [7, 11) is 0. The Hall–Kier alpha value is -2.25. The van der Waals surface area contributed by atoms with Gasteiger partial charge < -0.3 is 15.0 Å². The number of benzene rings is 1. The maximum absolute atomic E-state index is 12.0. The van der Waals surface area contributed by atoms with Gasteiger partial charge in [0.15, 0.2) is 5.11 Å². The minimum atomic E-state index is -0.188. The Morgan fingerprint density at radius 1 is 1.48 bits per heavy atom. The molecule has 3 N–H and O–H groups in total. The van der Waals surface area contributed by atoms with Gasteiger partial charge in [0.05, 0.1) is 17.9 Å². The molecule has 2 heterocycles. The molecule has 2 aromatic rings. The zero-order valence-electron chi connectivity index (χ0n) is 12.5. The molecule has 1 saturated heterocycles. The Bertz CT molecular complexity index is 781. The lowest BCUT2D eigenvalue weighted by Crippen LogP contribution is -2.37. The summed E-state index contributed by atoms with van der Waals surface area (Å²) in [5.41, 5.74) is 3.80. The number of hydrogen-bond acceptors (Lipinski definition) is 4. The second-order valence-electron chi connectivity index (χ2n) is 5.36. The number of aromatic amines is 1. The summed E-state index contributed by atoms with van der Waals surface area (Å²) < 4.78 is 5.50. The Balaban J connectivity index is 1.58. The summed E-state index contributed by atoms with van der Waals surface area (Å²) in [5.74, 6) is 0. The summed E-state index contributed by atoms with van der Waals surface area (Å²) in [4.78, 5) is 14.8. The molecule has 1 aromatic carbocycles. The third-order valence-corrected chi connectivity index (χ3v) is 3.90. The van der Waals surface area contributed by atoms with E-state index in [9.17, 15) is 4.79 Å². The van der Waals surface area contributed by atoms with Crippen LogP contribution >= 0.6 is 12.2 Å². The van der Waals surface area contributed by atoms with Crippen molar-refractivity contribution in [3.8, 4) is 0 Å². The van der Waals surface area contributed by atoms with Crippen LogP contribution in [0.1, 0.15) is 18.4 Å². The molecule has 23 heavy (non-hydrogen) atoms. The zero-order chi connectivity index (χ0) is 16.1. The number of hydrazone groups is 1. The van der Waals surface area contributed by atoms with Crippen molar-refractivity contribution in [2.45, 2.75) is 18.9 Å². The molecule has 120 valence electrons. The fourth-order valence-electron chi connectivity index (χ4n) is 2.47. The SMILES string of the molecule is O=c1[nH]c2ccccc2cc1/C=N/NC(=S)NC[C@H]1CCCO1. The van der Waals surface area contributed by atoms with E-state index in [0.29, 0.717) is 17.2 Å². The van der Waals surface area contributed by atoms with Gasteiger partial charge in [-0.05, 0) is 42.6 Å². The van der Waals surface area contributed by atoms with Crippen molar-refractivity contribution in [3.63, 3.8) is 0 Å². The van der Waals surface area contributed by atoms with Crippen molar-refractivity contribution in [1.29, 1.82) is 0 Å². The smallest absolute Gasteiger partial charge is 0.257 e. The van der Waals surface area contributed by atoms with Gasteiger partial charge in [-0.1, -0.05) is 18.2 Å². The van der Waals surface area contributed by atoms with Crippen molar-refractivity contribution < 1.29 is 4.74 Å². The Kier molecular flexibility index (Phi) is 4.99. The average Bonchev–Trinajstić information content (AvgIpc) is 3.07. The molecule has 0 unspecified atom stereocenters. The van der Waals surface area contributed by atoms with Crippen molar-refractivity contribution in [3.05, 3.63) is 46.2 Å². The van der Waals surface area contributed by atoms with E-state index in [4.69, 9.17) is 17.0 Å². The van der Waals surface area contributed by atoms with Crippen LogP contribution in [0.5, 0.6) is 0 Å². The first-order valence-corrected chi connectivity index (χ1v) is 7.94. The number of rotatable bonds is 4. The molecule has 1 aliphatic heterocycles. The van der Waals surface area contributed by atoms with Crippen LogP contribution in [0.4, 0.5) is 0 Å². The third-order valence-electron chi connectivity index (χ3n) is 3.67. The van der Waals surface area contributed by atoms with Crippen molar-refractivity contribution in [1.82, 2.24) is 15.7 Å². The van der Waals surface area contributed by atoms with Gasteiger partial charge in [0.25, 0.3) is 5.56 Å². The molecular formula is C16H18N4O2S. The van der Waals surface area contributed by atoms with E-state index >= 15 is 0 Å². The molecule has 0 bridgehead atoms. The minimum absolute atomic E-state index is 0.188. The van der Waals surface area contributed by atoms with Crippen LogP contribution in [0.2, 0.25) is 0 Å². The topological polar surface area (TPSA) is 78.5 Å². The fourth-order valence-corrected chi connectivity index (χ4v) is 2.61. The number of nitrogens with zero attached hydrogens (tertiary/aromatic N) is 1. The van der Waals surface area contributed by atoms with Crippen LogP contribution in [0.3, 0.4) is 0 Å². The first-order chi connectivity index (χ1) is 11.2. The highest BCUT2D eigenvalue weighted by molar-refractivity contribution is 7.80. The molecule has 0 saturated carbocycles. The van der Waals surface area contributed by atoms with E-state index in [1.807, 2.05) is 24.3 Å². The predicted octanol–water partition coefficient (Wildman–Crippen LogP) is 1.51. The van der Waals surface area contributed by atoms with E-state index in [2.05, 4.69) is 20.8 Å². The van der Waals surface area contributed by atoms with E-state index in [-0.39, 0.29) is 11.7 Å². The van der Waals surface area contributed by atoms with E-state index in [0.717, 1.165) is 30.4 Å². The second kappa shape index (κ2) is 7.34. The molecule has 1 fully saturated rings. The molecule has 7 heteroatoms. The monoisotopic (exact) mass is 330 g/mol. The van der Waals surface area contributed by atoms with E-state index < -0.39 is 0 Å². The first-order valence-electron chi connectivity index (χ1n) is 7.53.